The van der Waals surface area contributed by atoms with Crippen molar-refractivity contribution in [1.29, 1.82) is 0 Å². The Kier molecular flexibility index (Phi) is 8.88. The highest BCUT2D eigenvalue weighted by atomic mass is 16.3. The highest BCUT2D eigenvalue weighted by Crippen LogP contribution is 2.67. The first-order valence-corrected chi connectivity index (χ1v) is 25.9. The van der Waals surface area contributed by atoms with E-state index in [1.807, 2.05) is 18.2 Å². The monoisotopic (exact) mass is 952 g/mol. The molecule has 11 aromatic carbocycles. The normalized spacial score (nSPS) is 13.8. The molecular formula is C72H44N2O. The predicted octanol–water partition coefficient (Wildman–Crippen LogP) is 17.8. The van der Waals surface area contributed by atoms with Crippen molar-refractivity contribution in [2.45, 2.75) is 10.8 Å². The molecule has 0 fully saturated rings. The van der Waals surface area contributed by atoms with E-state index in [0.29, 0.717) is 5.82 Å². The van der Waals surface area contributed by atoms with Crippen molar-refractivity contribution in [3.05, 3.63) is 311 Å². The summed E-state index contributed by atoms with van der Waals surface area (Å²) in [4.78, 5) is 10.7. The van der Waals surface area contributed by atoms with Crippen molar-refractivity contribution in [1.82, 2.24) is 9.97 Å². The number of aromatic nitrogens is 2. The number of hydrogen-bond donors (Lipinski definition) is 0. The van der Waals surface area contributed by atoms with Crippen LogP contribution in [-0.2, 0) is 10.8 Å². The fourth-order valence-corrected chi connectivity index (χ4v) is 13.5. The van der Waals surface area contributed by atoms with Crippen molar-refractivity contribution in [3.63, 3.8) is 0 Å². The number of nitrogens with zero attached hydrogens (tertiary/aromatic N) is 2. The van der Waals surface area contributed by atoms with E-state index < -0.39 is 10.8 Å². The van der Waals surface area contributed by atoms with Crippen LogP contribution in [0.2, 0.25) is 0 Å². The van der Waals surface area contributed by atoms with Crippen LogP contribution in [0.25, 0.3) is 100 Å². The second-order valence-electron chi connectivity index (χ2n) is 20.3. The second-order valence-corrected chi connectivity index (χ2v) is 20.3. The van der Waals surface area contributed by atoms with Gasteiger partial charge in [0.05, 0.1) is 22.2 Å². The van der Waals surface area contributed by atoms with Gasteiger partial charge in [0.1, 0.15) is 11.2 Å². The Morgan fingerprint density at radius 3 is 1.29 bits per heavy atom. The van der Waals surface area contributed by atoms with Crippen LogP contribution in [0.4, 0.5) is 0 Å². The van der Waals surface area contributed by atoms with Crippen LogP contribution in [-0.4, -0.2) is 9.97 Å². The summed E-state index contributed by atoms with van der Waals surface area (Å²) in [6.45, 7) is 0. The summed E-state index contributed by atoms with van der Waals surface area (Å²) in [5.74, 6) is 0.671. The summed E-state index contributed by atoms with van der Waals surface area (Å²) >= 11 is 0. The van der Waals surface area contributed by atoms with E-state index in [9.17, 15) is 0 Å². The highest BCUT2D eigenvalue weighted by Gasteiger charge is 2.59. The fourth-order valence-electron chi connectivity index (χ4n) is 13.5. The largest absolute Gasteiger partial charge is 0.455 e. The summed E-state index contributed by atoms with van der Waals surface area (Å²) in [6.07, 6.45) is 0. The molecule has 2 aromatic heterocycles. The molecule has 0 saturated heterocycles. The molecule has 0 saturated carbocycles. The van der Waals surface area contributed by atoms with E-state index >= 15 is 0 Å². The van der Waals surface area contributed by atoms with E-state index in [2.05, 4.69) is 249 Å². The number of para-hydroxylation sites is 2. The van der Waals surface area contributed by atoms with Gasteiger partial charge in [0, 0.05) is 33.0 Å². The molecule has 0 bridgehead atoms. The molecule has 75 heavy (non-hydrogen) atoms. The molecule has 3 heteroatoms. The van der Waals surface area contributed by atoms with Gasteiger partial charge in [-0.15, -0.1) is 0 Å². The molecule has 2 heterocycles. The average Bonchev–Trinajstić information content (AvgIpc) is 4.35. The first-order valence-electron chi connectivity index (χ1n) is 25.9. The summed E-state index contributed by atoms with van der Waals surface area (Å²) in [5, 5.41) is 2.24. The van der Waals surface area contributed by atoms with Gasteiger partial charge >= 0.3 is 0 Å². The summed E-state index contributed by atoms with van der Waals surface area (Å²) in [7, 11) is 0. The molecule has 0 aliphatic heterocycles. The van der Waals surface area contributed by atoms with Crippen LogP contribution < -0.4 is 0 Å². The summed E-state index contributed by atoms with van der Waals surface area (Å²) < 4.78 is 6.44. The van der Waals surface area contributed by atoms with E-state index in [1.165, 1.54) is 66.8 Å². The molecule has 0 N–H and O–H groups in total. The van der Waals surface area contributed by atoms with Gasteiger partial charge in [-0.3, -0.25) is 0 Å². The van der Waals surface area contributed by atoms with Gasteiger partial charge in [0.2, 0.25) is 0 Å². The van der Waals surface area contributed by atoms with Gasteiger partial charge in [-0.2, -0.15) is 0 Å². The number of rotatable bonds is 5. The van der Waals surface area contributed by atoms with E-state index in [-0.39, 0.29) is 0 Å². The Morgan fingerprint density at radius 1 is 0.253 bits per heavy atom. The number of fused-ring (bicyclic) bond motifs is 19. The topological polar surface area (TPSA) is 38.9 Å². The zero-order chi connectivity index (χ0) is 49.2. The SMILES string of the molecule is c1ccc(-c2cc(-c3ccc(-c4cccc5c4oc4ccccc45)cc3)nc(-c3cccc(-c4ccc5c(c4)C4(c6ccccc6-c6ccccc64)c4ccccc4C54c5ccccc5-c5ccccc54)c3)n2)cc1. The minimum absolute atomic E-state index is 0.543. The van der Waals surface area contributed by atoms with Gasteiger partial charge in [-0.05, 0) is 108 Å². The highest BCUT2D eigenvalue weighted by molar-refractivity contribution is 6.09. The average molecular weight is 953 g/mol. The summed E-state index contributed by atoms with van der Waals surface area (Å²) in [5.41, 5.74) is 25.5. The van der Waals surface area contributed by atoms with Crippen LogP contribution in [0.3, 0.4) is 0 Å². The Hall–Kier alpha value is -9.70. The van der Waals surface area contributed by atoms with Gasteiger partial charge < -0.3 is 4.42 Å². The molecular weight excluding hydrogens is 909 g/mol. The summed E-state index contributed by atoms with van der Waals surface area (Å²) in [6, 6.07) is 97.8. The first kappa shape index (κ1) is 41.9. The van der Waals surface area contributed by atoms with Crippen LogP contribution in [0.1, 0.15) is 44.5 Å². The third kappa shape index (κ3) is 5.81. The predicted molar refractivity (Wildman–Crippen MR) is 305 cm³/mol. The molecule has 3 aliphatic rings. The minimum Gasteiger partial charge on any atom is -0.455 e. The standard InChI is InChI=1S/C72H44N2O/c1-2-18-46(19-3-1)66-44-67(47-38-36-45(37-39-47)51-27-17-28-57-56-26-8-15-35-68(56)75-69(51)57)74-70(73-66)50-21-16-20-48(42-50)49-40-41-64-65(43-49)72(60-31-11-6-24-54(60)55-25-7-12-32-61(55)72)63-34-14-13-33-62(63)71(64)58-29-9-4-22-52(58)53-23-5-10-30-59(53)71/h1-44H. The first-order chi connectivity index (χ1) is 37.2. The molecule has 2 spiro atoms. The van der Waals surface area contributed by atoms with Crippen molar-refractivity contribution in [2.75, 3.05) is 0 Å². The smallest absolute Gasteiger partial charge is 0.160 e. The molecule has 0 radical (unpaired) electrons. The van der Waals surface area contributed by atoms with Crippen molar-refractivity contribution in [2.24, 2.45) is 0 Å². The lowest BCUT2D eigenvalue weighted by atomic mass is 9.52. The maximum atomic E-state index is 6.44. The Balaban J connectivity index is 0.880. The van der Waals surface area contributed by atoms with Crippen molar-refractivity contribution >= 4 is 21.9 Å². The molecule has 0 unspecified atom stereocenters. The Bertz CT molecular complexity index is 4400. The molecule has 3 nitrogen and oxygen atoms in total. The number of hydrogen-bond acceptors (Lipinski definition) is 3. The lowest BCUT2D eigenvalue weighted by Gasteiger charge is -2.49. The lowest BCUT2D eigenvalue weighted by Crippen LogP contribution is -2.43. The van der Waals surface area contributed by atoms with E-state index in [0.717, 1.165) is 72.3 Å². The van der Waals surface area contributed by atoms with Crippen molar-refractivity contribution in [3.8, 4) is 78.4 Å². The minimum atomic E-state index is -0.583. The maximum absolute atomic E-state index is 6.44. The lowest BCUT2D eigenvalue weighted by molar-refractivity contribution is 0.633. The third-order valence-corrected chi connectivity index (χ3v) is 16.6. The third-order valence-electron chi connectivity index (χ3n) is 16.6. The maximum Gasteiger partial charge on any atom is 0.160 e. The van der Waals surface area contributed by atoms with Crippen LogP contribution in [0.5, 0.6) is 0 Å². The van der Waals surface area contributed by atoms with E-state index in [4.69, 9.17) is 14.4 Å². The van der Waals surface area contributed by atoms with Crippen LogP contribution in [0, 0.1) is 0 Å². The van der Waals surface area contributed by atoms with Crippen molar-refractivity contribution < 1.29 is 4.42 Å². The van der Waals surface area contributed by atoms with Gasteiger partial charge in [-0.25, -0.2) is 9.97 Å². The Morgan fingerprint density at radius 2 is 0.667 bits per heavy atom. The molecule has 3 aliphatic carbocycles. The second kappa shape index (κ2) is 15.9. The molecule has 16 rings (SSSR count). The van der Waals surface area contributed by atoms with Gasteiger partial charge in [0.25, 0.3) is 0 Å². The van der Waals surface area contributed by atoms with Crippen LogP contribution >= 0.6 is 0 Å². The molecule has 348 valence electrons. The number of furan rings is 1. The zero-order valence-electron chi connectivity index (χ0n) is 40.7. The van der Waals surface area contributed by atoms with Gasteiger partial charge in [0.15, 0.2) is 5.82 Å². The number of benzene rings is 11. The van der Waals surface area contributed by atoms with Crippen LogP contribution in [0.15, 0.2) is 271 Å². The quantitative estimate of drug-likeness (QED) is 0.173. The Labute approximate surface area is 434 Å². The zero-order valence-corrected chi connectivity index (χ0v) is 40.7. The van der Waals surface area contributed by atoms with E-state index in [1.54, 1.807) is 0 Å². The van der Waals surface area contributed by atoms with Gasteiger partial charge in [-0.1, -0.05) is 243 Å². The fraction of sp³-hybridized carbons (Fsp3) is 0.0278. The molecule has 0 atom stereocenters. The molecule has 0 amide bonds. The molecule has 13 aromatic rings.